The van der Waals surface area contributed by atoms with E-state index in [-0.39, 0.29) is 17.4 Å². The van der Waals surface area contributed by atoms with Crippen LogP contribution in [0.15, 0.2) is 71.8 Å². The molecule has 0 atom stereocenters. The average Bonchev–Trinajstić information content (AvgIpc) is 3.39. The van der Waals surface area contributed by atoms with Gasteiger partial charge in [-0.3, -0.25) is 4.79 Å². The van der Waals surface area contributed by atoms with Crippen LogP contribution in [0.3, 0.4) is 0 Å². The smallest absolute Gasteiger partial charge is 0.174 e. The number of aromatic nitrogens is 3. The van der Waals surface area contributed by atoms with Crippen molar-refractivity contribution < 1.29 is 9.18 Å². The van der Waals surface area contributed by atoms with E-state index in [1.807, 2.05) is 45.0 Å². The number of fused-ring (bicyclic) bond motifs is 1. The minimum Gasteiger partial charge on any atom is -0.315 e. The molecule has 2 aromatic carbocycles. The van der Waals surface area contributed by atoms with Crippen molar-refractivity contribution in [2.45, 2.75) is 25.8 Å². The molecule has 0 aliphatic rings. The van der Waals surface area contributed by atoms with Gasteiger partial charge in [0.25, 0.3) is 0 Å². The summed E-state index contributed by atoms with van der Waals surface area (Å²) >= 11 is 3.05. The zero-order chi connectivity index (χ0) is 23.8. The van der Waals surface area contributed by atoms with E-state index in [0.29, 0.717) is 17.1 Å². The van der Waals surface area contributed by atoms with Gasteiger partial charge in [-0.1, -0.05) is 54.2 Å². The van der Waals surface area contributed by atoms with E-state index >= 15 is 0 Å². The van der Waals surface area contributed by atoms with E-state index in [9.17, 15) is 9.18 Å². The zero-order valence-corrected chi connectivity index (χ0v) is 20.6. The minimum atomic E-state index is -0.316. The predicted molar refractivity (Wildman–Crippen MR) is 138 cm³/mol. The Morgan fingerprint density at radius 1 is 1.00 bits per heavy atom. The van der Waals surface area contributed by atoms with E-state index in [0.717, 1.165) is 37.1 Å². The second kappa shape index (κ2) is 9.16. The van der Waals surface area contributed by atoms with Crippen LogP contribution in [-0.2, 0) is 0 Å². The molecule has 3 heterocycles. The van der Waals surface area contributed by atoms with Crippen molar-refractivity contribution in [3.05, 3.63) is 95.3 Å². The summed E-state index contributed by atoms with van der Waals surface area (Å²) in [5, 5.41) is 1.77. The molecule has 0 fully saturated rings. The topological polar surface area (TPSA) is 47.8 Å². The maximum atomic E-state index is 14.4. The van der Waals surface area contributed by atoms with E-state index < -0.39 is 0 Å². The van der Waals surface area contributed by atoms with Gasteiger partial charge in [0.15, 0.2) is 5.78 Å². The number of benzene rings is 2. The van der Waals surface area contributed by atoms with Gasteiger partial charge in [-0.25, -0.2) is 14.4 Å². The van der Waals surface area contributed by atoms with Crippen molar-refractivity contribution in [1.82, 2.24) is 14.5 Å². The molecule has 170 valence electrons. The molecule has 0 saturated heterocycles. The van der Waals surface area contributed by atoms with Crippen LogP contribution in [0.1, 0.15) is 27.6 Å². The van der Waals surface area contributed by atoms with Gasteiger partial charge in [0, 0.05) is 27.2 Å². The van der Waals surface area contributed by atoms with Crippen molar-refractivity contribution in [2.24, 2.45) is 0 Å². The summed E-state index contributed by atoms with van der Waals surface area (Å²) in [6.07, 6.45) is 0. The summed E-state index contributed by atoms with van der Waals surface area (Å²) in [5.74, 6) is 0.595. The number of para-hydroxylation sites is 1. The molecule has 5 rings (SSSR count). The Morgan fingerprint density at radius 2 is 1.74 bits per heavy atom. The van der Waals surface area contributed by atoms with Crippen LogP contribution in [0.25, 0.3) is 26.3 Å². The van der Waals surface area contributed by atoms with Gasteiger partial charge in [0.05, 0.1) is 11.4 Å². The molecule has 34 heavy (non-hydrogen) atoms. The van der Waals surface area contributed by atoms with Crippen LogP contribution in [0.2, 0.25) is 0 Å². The molecule has 0 radical (unpaired) electrons. The number of rotatable bonds is 6. The largest absolute Gasteiger partial charge is 0.315 e. The fraction of sp³-hybridized carbons (Fsp3) is 0.148. The van der Waals surface area contributed by atoms with Crippen LogP contribution < -0.4 is 0 Å². The molecule has 4 nitrogen and oxygen atoms in total. The third kappa shape index (κ3) is 4.17. The molecule has 0 bridgehead atoms. The zero-order valence-electron chi connectivity index (χ0n) is 19.0. The highest BCUT2D eigenvalue weighted by Gasteiger charge is 2.20. The summed E-state index contributed by atoms with van der Waals surface area (Å²) < 4.78 is 16.2. The molecular weight excluding hydrogens is 465 g/mol. The highest BCUT2D eigenvalue weighted by atomic mass is 32.2. The second-order valence-corrected chi connectivity index (χ2v) is 10.0. The second-order valence-electron chi connectivity index (χ2n) is 8.05. The lowest BCUT2D eigenvalue weighted by Gasteiger charge is -2.10. The van der Waals surface area contributed by atoms with Gasteiger partial charge in [0.1, 0.15) is 21.5 Å². The summed E-state index contributed by atoms with van der Waals surface area (Å²) in [5.41, 5.74) is 3.74. The minimum absolute atomic E-state index is 0.0105. The summed E-state index contributed by atoms with van der Waals surface area (Å²) in [4.78, 5) is 24.5. The lowest BCUT2D eigenvalue weighted by atomic mass is 10.2. The number of Topliss-reactive ketones (excluding diaryl/α,β-unsaturated/α-hetero) is 1. The number of hydrogen-bond donors (Lipinski definition) is 0. The van der Waals surface area contributed by atoms with Crippen LogP contribution >= 0.6 is 23.1 Å². The van der Waals surface area contributed by atoms with Crippen LogP contribution in [0, 0.1) is 26.6 Å². The van der Waals surface area contributed by atoms with Gasteiger partial charge in [-0.2, -0.15) is 0 Å². The Morgan fingerprint density at radius 3 is 2.50 bits per heavy atom. The molecule has 3 aromatic heterocycles. The maximum absolute atomic E-state index is 14.4. The summed E-state index contributed by atoms with van der Waals surface area (Å²) in [7, 11) is 0. The molecule has 0 aliphatic carbocycles. The normalized spacial score (nSPS) is 11.3. The fourth-order valence-electron chi connectivity index (χ4n) is 4.11. The molecular formula is C27H22FN3OS2. The van der Waals surface area contributed by atoms with Crippen molar-refractivity contribution in [1.29, 1.82) is 0 Å². The molecule has 7 heteroatoms. The Bertz CT molecular complexity index is 1520. The molecule has 5 aromatic rings. The quantitative estimate of drug-likeness (QED) is 0.144. The first-order valence-corrected chi connectivity index (χ1v) is 12.7. The first kappa shape index (κ1) is 22.5. The first-order valence-electron chi connectivity index (χ1n) is 10.9. The van der Waals surface area contributed by atoms with Gasteiger partial charge in [0.2, 0.25) is 0 Å². The monoisotopic (exact) mass is 487 g/mol. The van der Waals surface area contributed by atoms with Crippen LogP contribution in [0.4, 0.5) is 4.39 Å². The van der Waals surface area contributed by atoms with E-state index in [1.54, 1.807) is 34.1 Å². The summed E-state index contributed by atoms with van der Waals surface area (Å²) in [6, 6.07) is 20.7. The van der Waals surface area contributed by atoms with Gasteiger partial charge < -0.3 is 4.57 Å². The van der Waals surface area contributed by atoms with Crippen molar-refractivity contribution in [3.63, 3.8) is 0 Å². The standard InChI is InChI=1S/C27H22FN3OS2/c1-16-13-20(17(2)31(16)23-12-8-7-11-22(23)28)24(32)15-33-26-21-14-25(19-9-5-4-6-10-19)34-27(21)30-18(3)29-26/h4-14H,15H2,1-3H3. The number of ketones is 1. The Labute approximate surface area is 205 Å². The Hall–Kier alpha value is -3.29. The van der Waals surface area contributed by atoms with Crippen molar-refractivity contribution >= 4 is 39.1 Å². The Kier molecular flexibility index (Phi) is 6.06. The lowest BCUT2D eigenvalue weighted by molar-refractivity contribution is 0.102. The van der Waals surface area contributed by atoms with Gasteiger partial charge in [-0.05, 0) is 50.6 Å². The van der Waals surface area contributed by atoms with Gasteiger partial charge >= 0.3 is 0 Å². The van der Waals surface area contributed by atoms with Gasteiger partial charge in [-0.15, -0.1) is 11.3 Å². The van der Waals surface area contributed by atoms with E-state index in [1.165, 1.54) is 17.8 Å². The number of carbonyl (C=O) groups excluding carboxylic acids is 1. The van der Waals surface area contributed by atoms with Crippen molar-refractivity contribution in [3.8, 4) is 16.1 Å². The van der Waals surface area contributed by atoms with Crippen molar-refractivity contribution in [2.75, 3.05) is 5.75 Å². The Balaban J connectivity index is 1.43. The van der Waals surface area contributed by atoms with E-state index in [4.69, 9.17) is 0 Å². The number of nitrogens with zero attached hydrogens (tertiary/aromatic N) is 3. The number of carbonyl (C=O) groups is 1. The van der Waals surface area contributed by atoms with E-state index in [2.05, 4.69) is 28.2 Å². The highest BCUT2D eigenvalue weighted by Crippen LogP contribution is 2.37. The summed E-state index contributed by atoms with van der Waals surface area (Å²) in [6.45, 7) is 5.61. The molecule has 0 unspecified atom stereocenters. The van der Waals surface area contributed by atoms with Crippen LogP contribution in [0.5, 0.6) is 0 Å². The SMILES string of the molecule is Cc1nc(SCC(=O)c2cc(C)n(-c3ccccc3F)c2C)c2cc(-c3ccccc3)sc2n1. The third-order valence-corrected chi connectivity index (χ3v) is 7.76. The molecule has 0 amide bonds. The number of halogens is 1. The molecule has 0 spiro atoms. The number of hydrogen-bond acceptors (Lipinski definition) is 5. The third-order valence-electron chi connectivity index (χ3n) is 5.69. The number of thioether (sulfide) groups is 1. The molecule has 0 N–H and O–H groups in total. The fourth-order valence-corrected chi connectivity index (χ4v) is 6.19. The maximum Gasteiger partial charge on any atom is 0.174 e. The van der Waals surface area contributed by atoms with Crippen LogP contribution in [-0.4, -0.2) is 26.1 Å². The first-order chi connectivity index (χ1) is 16.4. The lowest BCUT2D eigenvalue weighted by Crippen LogP contribution is -2.07. The number of aryl methyl sites for hydroxylation is 2. The molecule has 0 aliphatic heterocycles. The predicted octanol–water partition coefficient (Wildman–Crippen LogP) is 7.19. The average molecular weight is 488 g/mol. The molecule has 0 saturated carbocycles. The number of thiophene rings is 1. The highest BCUT2D eigenvalue weighted by molar-refractivity contribution is 8.00.